The summed E-state index contributed by atoms with van der Waals surface area (Å²) in [4.78, 5) is 21.5. The number of para-hydroxylation sites is 1. The van der Waals surface area contributed by atoms with Crippen molar-refractivity contribution in [3.63, 3.8) is 0 Å². The maximum Gasteiger partial charge on any atom is 0.260 e. The zero-order chi connectivity index (χ0) is 21.9. The fourth-order valence-corrected chi connectivity index (χ4v) is 4.77. The molecule has 0 atom stereocenters. The lowest BCUT2D eigenvalue weighted by molar-refractivity contribution is 0.0983. The van der Waals surface area contributed by atoms with E-state index in [0.29, 0.717) is 22.9 Å². The van der Waals surface area contributed by atoms with E-state index >= 15 is 0 Å². The molecule has 9 heteroatoms. The predicted molar refractivity (Wildman–Crippen MR) is 119 cm³/mol. The van der Waals surface area contributed by atoms with Gasteiger partial charge in [-0.15, -0.1) is 0 Å². The molecule has 0 radical (unpaired) electrons. The molecule has 0 N–H and O–H groups in total. The summed E-state index contributed by atoms with van der Waals surface area (Å²) in [5.41, 5.74) is 0.472. The summed E-state index contributed by atoms with van der Waals surface area (Å²) in [6.07, 6.45) is 1.10. The van der Waals surface area contributed by atoms with Crippen LogP contribution in [0, 0.1) is 5.82 Å². The smallest absolute Gasteiger partial charge is 0.260 e. The number of hydrogen-bond acceptors (Lipinski definition) is 6. The molecular formula is C21H24FN3O3S2. The number of hydrogen-bond donors (Lipinski definition) is 0. The Labute approximate surface area is 179 Å². The largest absolute Gasteiger partial charge is 0.302 e. The molecule has 0 spiro atoms. The van der Waals surface area contributed by atoms with Crippen LogP contribution in [0.15, 0.2) is 47.4 Å². The number of likely N-dealkylation sites (N-methyl/N-ethyl adjacent to an activating group) is 1. The van der Waals surface area contributed by atoms with E-state index in [9.17, 15) is 17.6 Å². The minimum atomic E-state index is -3.45. The first-order valence-corrected chi connectivity index (χ1v) is 12.3. The Morgan fingerprint density at radius 2 is 1.80 bits per heavy atom. The average molecular weight is 450 g/mol. The molecule has 30 heavy (non-hydrogen) atoms. The summed E-state index contributed by atoms with van der Waals surface area (Å²) < 4.78 is 38.6. The van der Waals surface area contributed by atoms with Gasteiger partial charge in [-0.25, -0.2) is 17.8 Å². The normalized spacial score (nSPS) is 11.9. The van der Waals surface area contributed by atoms with E-state index in [-0.39, 0.29) is 21.9 Å². The van der Waals surface area contributed by atoms with Gasteiger partial charge in [0.15, 0.2) is 15.0 Å². The Balaban J connectivity index is 2.02. The second-order valence-corrected chi connectivity index (χ2v) is 9.89. The van der Waals surface area contributed by atoms with Crippen LogP contribution in [0.1, 0.15) is 24.2 Å². The molecule has 2 aromatic carbocycles. The third-order valence-electron chi connectivity index (χ3n) is 4.88. The summed E-state index contributed by atoms with van der Waals surface area (Å²) in [6.45, 7) is 6.71. The highest BCUT2D eigenvalue weighted by molar-refractivity contribution is 7.90. The summed E-state index contributed by atoms with van der Waals surface area (Å²) in [6, 6.07) is 10.7. The second kappa shape index (κ2) is 9.20. The van der Waals surface area contributed by atoms with Crippen LogP contribution in [0.4, 0.5) is 9.52 Å². The van der Waals surface area contributed by atoms with Crippen molar-refractivity contribution in [3.8, 4) is 0 Å². The standard InChI is InChI=1S/C21H24FN3O3S2/c1-4-24(5-2)12-13-25(21-23-19-17(22)10-7-11-18(19)29-21)20(26)15-8-6-9-16(14-15)30(3,27)28/h6-11,14H,4-5,12-13H2,1-3H3. The molecule has 0 fully saturated rings. The molecule has 0 aliphatic rings. The molecule has 0 bridgehead atoms. The molecule has 3 rings (SSSR count). The average Bonchev–Trinajstić information content (AvgIpc) is 3.16. The molecule has 0 aliphatic heterocycles. The Morgan fingerprint density at radius 3 is 2.43 bits per heavy atom. The van der Waals surface area contributed by atoms with Crippen LogP contribution in [0.2, 0.25) is 0 Å². The van der Waals surface area contributed by atoms with Crippen LogP contribution in [0.5, 0.6) is 0 Å². The number of rotatable bonds is 8. The molecular weight excluding hydrogens is 425 g/mol. The zero-order valence-electron chi connectivity index (χ0n) is 17.1. The number of benzene rings is 2. The number of sulfone groups is 1. The molecule has 160 valence electrons. The third kappa shape index (κ3) is 4.85. The maximum absolute atomic E-state index is 14.2. The van der Waals surface area contributed by atoms with Gasteiger partial charge in [0.25, 0.3) is 5.91 Å². The molecule has 1 amide bonds. The van der Waals surface area contributed by atoms with Crippen LogP contribution >= 0.6 is 11.3 Å². The van der Waals surface area contributed by atoms with Crippen LogP contribution in [-0.4, -0.2) is 56.6 Å². The van der Waals surface area contributed by atoms with Crippen molar-refractivity contribution in [2.75, 3.05) is 37.3 Å². The fraction of sp³-hybridized carbons (Fsp3) is 0.333. The number of anilines is 1. The van der Waals surface area contributed by atoms with Crippen molar-refractivity contribution >= 4 is 42.4 Å². The minimum Gasteiger partial charge on any atom is -0.302 e. The molecule has 3 aromatic rings. The van der Waals surface area contributed by atoms with Gasteiger partial charge in [0.05, 0.1) is 9.60 Å². The zero-order valence-corrected chi connectivity index (χ0v) is 18.8. The van der Waals surface area contributed by atoms with Crippen LogP contribution in [0.25, 0.3) is 10.2 Å². The minimum absolute atomic E-state index is 0.0763. The Kier molecular flexibility index (Phi) is 6.84. The Morgan fingerprint density at radius 1 is 1.10 bits per heavy atom. The first kappa shape index (κ1) is 22.3. The summed E-state index contributed by atoms with van der Waals surface area (Å²) in [7, 11) is -3.45. The number of thiazole rings is 1. The van der Waals surface area contributed by atoms with Gasteiger partial charge in [0, 0.05) is 24.9 Å². The van der Waals surface area contributed by atoms with Crippen LogP contribution in [-0.2, 0) is 9.84 Å². The predicted octanol–water partition coefficient (Wildman–Crippen LogP) is 3.83. The number of nitrogens with zero attached hydrogens (tertiary/aromatic N) is 3. The third-order valence-corrected chi connectivity index (χ3v) is 7.03. The maximum atomic E-state index is 14.2. The van der Waals surface area contributed by atoms with E-state index in [1.807, 2.05) is 13.8 Å². The fourth-order valence-electron chi connectivity index (χ4n) is 3.10. The molecule has 0 saturated heterocycles. The summed E-state index contributed by atoms with van der Waals surface area (Å²) in [5, 5.41) is 0.386. The van der Waals surface area contributed by atoms with Crippen molar-refractivity contribution in [2.45, 2.75) is 18.7 Å². The first-order chi connectivity index (χ1) is 14.2. The van der Waals surface area contributed by atoms with Crippen molar-refractivity contribution in [2.24, 2.45) is 0 Å². The van der Waals surface area contributed by atoms with E-state index in [1.165, 1.54) is 34.4 Å². The highest BCUT2D eigenvalue weighted by Gasteiger charge is 2.23. The summed E-state index contributed by atoms with van der Waals surface area (Å²) in [5.74, 6) is -0.808. The highest BCUT2D eigenvalue weighted by Crippen LogP contribution is 2.31. The number of halogens is 1. The lowest BCUT2D eigenvalue weighted by atomic mass is 10.2. The number of carbonyl (C=O) groups excluding carboxylic acids is 1. The lowest BCUT2D eigenvalue weighted by Gasteiger charge is -2.24. The van der Waals surface area contributed by atoms with E-state index in [4.69, 9.17) is 0 Å². The van der Waals surface area contributed by atoms with Crippen molar-refractivity contribution < 1.29 is 17.6 Å². The van der Waals surface area contributed by atoms with Gasteiger partial charge in [0.1, 0.15) is 11.3 Å². The van der Waals surface area contributed by atoms with E-state index in [2.05, 4.69) is 9.88 Å². The monoisotopic (exact) mass is 449 g/mol. The van der Waals surface area contributed by atoms with Gasteiger partial charge in [-0.2, -0.15) is 0 Å². The number of carbonyl (C=O) groups is 1. The molecule has 6 nitrogen and oxygen atoms in total. The lowest BCUT2D eigenvalue weighted by Crippen LogP contribution is -2.39. The Hall–Kier alpha value is -2.36. The van der Waals surface area contributed by atoms with Gasteiger partial charge >= 0.3 is 0 Å². The number of amides is 1. The van der Waals surface area contributed by atoms with Crippen molar-refractivity contribution in [3.05, 3.63) is 53.8 Å². The van der Waals surface area contributed by atoms with Crippen molar-refractivity contribution in [1.82, 2.24) is 9.88 Å². The molecule has 0 saturated carbocycles. The molecule has 1 aromatic heterocycles. The summed E-state index contributed by atoms with van der Waals surface area (Å²) >= 11 is 1.24. The molecule has 0 aliphatic carbocycles. The van der Waals surface area contributed by atoms with Gasteiger partial charge in [-0.1, -0.05) is 37.3 Å². The molecule has 1 heterocycles. The van der Waals surface area contributed by atoms with E-state index < -0.39 is 15.7 Å². The second-order valence-electron chi connectivity index (χ2n) is 6.87. The first-order valence-electron chi connectivity index (χ1n) is 9.64. The highest BCUT2D eigenvalue weighted by atomic mass is 32.2. The topological polar surface area (TPSA) is 70.6 Å². The van der Waals surface area contributed by atoms with E-state index in [1.54, 1.807) is 24.3 Å². The number of fused-ring (bicyclic) bond motifs is 1. The van der Waals surface area contributed by atoms with E-state index in [0.717, 1.165) is 19.3 Å². The van der Waals surface area contributed by atoms with Crippen LogP contribution in [0.3, 0.4) is 0 Å². The van der Waals surface area contributed by atoms with Crippen molar-refractivity contribution in [1.29, 1.82) is 0 Å². The van der Waals surface area contributed by atoms with Gasteiger partial charge in [-0.05, 0) is 43.4 Å². The molecule has 0 unspecified atom stereocenters. The van der Waals surface area contributed by atoms with Gasteiger partial charge in [-0.3, -0.25) is 9.69 Å². The quantitative estimate of drug-likeness (QED) is 0.523. The van der Waals surface area contributed by atoms with Gasteiger partial charge < -0.3 is 4.90 Å². The number of aromatic nitrogens is 1. The SMILES string of the molecule is CCN(CC)CCN(C(=O)c1cccc(S(C)(=O)=O)c1)c1nc2c(F)cccc2s1. The van der Waals surface area contributed by atoms with Crippen LogP contribution < -0.4 is 4.90 Å². The Bertz CT molecular complexity index is 1160. The van der Waals surface area contributed by atoms with Gasteiger partial charge in [0.2, 0.25) is 0 Å².